The van der Waals surface area contributed by atoms with Gasteiger partial charge in [-0.1, -0.05) is 18.2 Å². The molecule has 0 fully saturated rings. The number of carbonyl (C=O) groups is 1. The molecule has 150 valence electrons. The quantitative estimate of drug-likeness (QED) is 0.427. The number of esters is 1. The Morgan fingerprint density at radius 3 is 2.83 bits per heavy atom. The average Bonchev–Trinajstić information content (AvgIpc) is 3.29. The van der Waals surface area contributed by atoms with Crippen molar-refractivity contribution in [3.05, 3.63) is 64.4 Å². The largest absolute Gasteiger partial charge is 0.491 e. The molecule has 0 aliphatic carbocycles. The van der Waals surface area contributed by atoms with Crippen molar-refractivity contribution in [1.29, 1.82) is 0 Å². The molecule has 3 N–H and O–H groups in total. The second-order valence-electron chi connectivity index (χ2n) is 7.02. The molecule has 0 spiro atoms. The van der Waals surface area contributed by atoms with Gasteiger partial charge in [-0.2, -0.15) is 0 Å². The predicted molar refractivity (Wildman–Crippen MR) is 117 cm³/mol. The summed E-state index contributed by atoms with van der Waals surface area (Å²) in [5.41, 5.74) is 9.96. The Hall–Kier alpha value is -2.77. The van der Waals surface area contributed by atoms with E-state index in [4.69, 9.17) is 15.2 Å². The van der Waals surface area contributed by atoms with Crippen LogP contribution in [0.4, 0.5) is 0 Å². The van der Waals surface area contributed by atoms with E-state index in [9.17, 15) is 4.79 Å². The Kier molecular flexibility index (Phi) is 5.34. The molecule has 4 aromatic rings. The number of hydrogen-bond donors (Lipinski definition) is 2. The maximum atomic E-state index is 12.1. The fraction of sp³-hybridized carbons (Fsp3) is 0.227. The molecule has 0 saturated heterocycles. The van der Waals surface area contributed by atoms with Crippen molar-refractivity contribution in [2.24, 2.45) is 12.8 Å². The van der Waals surface area contributed by atoms with Gasteiger partial charge in [-0.25, -0.2) is 4.79 Å². The number of fused-ring (bicyclic) bond motifs is 2. The number of rotatable bonds is 6. The van der Waals surface area contributed by atoms with Crippen LogP contribution in [0.5, 0.6) is 5.75 Å². The lowest BCUT2D eigenvalue weighted by molar-refractivity contribution is 0.0590. The lowest BCUT2D eigenvalue weighted by Gasteiger charge is -2.14. The maximum absolute atomic E-state index is 12.1. The van der Waals surface area contributed by atoms with Crippen LogP contribution in [-0.4, -0.2) is 35.3 Å². The van der Waals surface area contributed by atoms with Crippen LogP contribution >= 0.6 is 15.9 Å². The molecule has 29 heavy (non-hydrogen) atoms. The number of nitrogens with zero attached hydrogens (tertiary/aromatic N) is 1. The number of halogens is 1. The monoisotopic (exact) mass is 455 g/mol. The molecule has 2 aromatic carbocycles. The highest BCUT2D eigenvalue weighted by Gasteiger charge is 2.19. The predicted octanol–water partition coefficient (Wildman–Crippen LogP) is 4.16. The Balaban J connectivity index is 1.55. The topological polar surface area (TPSA) is 82.3 Å². The van der Waals surface area contributed by atoms with Crippen molar-refractivity contribution >= 4 is 43.7 Å². The smallest absolute Gasteiger partial charge is 0.354 e. The standard InChI is InChI=1S/C22H22BrN3O3/c1-26-19(22(27)28-2)10-16-20(8-7-17(23)21(16)26)29-12-14(24)9-13-11-25-18-6-4-3-5-15(13)18/h3-8,10-11,14,25H,9,12,24H2,1-2H3/t14-/m1/s1. The molecule has 0 aliphatic heterocycles. The molecule has 7 heteroatoms. The first kappa shape index (κ1) is 19.5. The van der Waals surface area contributed by atoms with Crippen LogP contribution in [0.15, 0.2) is 53.1 Å². The molecule has 4 rings (SSSR count). The van der Waals surface area contributed by atoms with E-state index in [1.165, 1.54) is 18.1 Å². The summed E-state index contributed by atoms with van der Waals surface area (Å²) < 4.78 is 13.6. The van der Waals surface area contributed by atoms with E-state index in [0.717, 1.165) is 20.9 Å². The van der Waals surface area contributed by atoms with Crippen LogP contribution < -0.4 is 10.5 Å². The molecule has 6 nitrogen and oxygen atoms in total. The molecule has 0 saturated carbocycles. The summed E-state index contributed by atoms with van der Waals surface area (Å²) in [6, 6.07) is 13.6. The van der Waals surface area contributed by atoms with E-state index in [0.29, 0.717) is 24.5 Å². The lowest BCUT2D eigenvalue weighted by atomic mass is 10.1. The SMILES string of the molecule is COC(=O)c1cc2c(OC[C@H](N)Cc3c[nH]c4ccccc34)ccc(Br)c2n1C. The Bertz CT molecular complexity index is 1190. The van der Waals surface area contributed by atoms with E-state index < -0.39 is 5.97 Å². The minimum absolute atomic E-state index is 0.170. The van der Waals surface area contributed by atoms with Gasteiger partial charge in [0.25, 0.3) is 0 Å². The van der Waals surface area contributed by atoms with E-state index in [1.54, 1.807) is 10.6 Å². The number of ether oxygens (including phenoxy) is 2. The minimum Gasteiger partial charge on any atom is -0.491 e. The van der Waals surface area contributed by atoms with Crippen molar-refractivity contribution in [1.82, 2.24) is 9.55 Å². The molecular formula is C22H22BrN3O3. The number of aromatic nitrogens is 2. The van der Waals surface area contributed by atoms with Gasteiger partial charge in [0.15, 0.2) is 0 Å². The second-order valence-corrected chi connectivity index (χ2v) is 7.88. The first-order chi connectivity index (χ1) is 14.0. The highest BCUT2D eigenvalue weighted by molar-refractivity contribution is 9.10. The van der Waals surface area contributed by atoms with Gasteiger partial charge in [0.05, 0.1) is 12.6 Å². The van der Waals surface area contributed by atoms with Crippen LogP contribution in [0.2, 0.25) is 0 Å². The van der Waals surface area contributed by atoms with Crippen LogP contribution in [0.1, 0.15) is 16.1 Å². The Morgan fingerprint density at radius 2 is 2.03 bits per heavy atom. The van der Waals surface area contributed by atoms with E-state index in [2.05, 4.69) is 27.0 Å². The molecule has 2 heterocycles. The Morgan fingerprint density at radius 1 is 1.24 bits per heavy atom. The van der Waals surface area contributed by atoms with Crippen molar-refractivity contribution in [2.75, 3.05) is 13.7 Å². The molecule has 0 radical (unpaired) electrons. The van der Waals surface area contributed by atoms with Crippen molar-refractivity contribution in [2.45, 2.75) is 12.5 Å². The number of H-pyrrole nitrogens is 1. The van der Waals surface area contributed by atoms with Crippen LogP contribution in [0.25, 0.3) is 21.8 Å². The third kappa shape index (κ3) is 3.63. The van der Waals surface area contributed by atoms with E-state index in [1.807, 2.05) is 43.6 Å². The summed E-state index contributed by atoms with van der Waals surface area (Å²) in [7, 11) is 3.20. The highest BCUT2D eigenvalue weighted by atomic mass is 79.9. The first-order valence-corrected chi connectivity index (χ1v) is 10.1. The van der Waals surface area contributed by atoms with Gasteiger partial charge < -0.3 is 24.8 Å². The lowest BCUT2D eigenvalue weighted by Crippen LogP contribution is -2.30. The zero-order valence-electron chi connectivity index (χ0n) is 16.2. The molecule has 2 aromatic heterocycles. The third-order valence-corrected chi connectivity index (χ3v) is 5.75. The molecular weight excluding hydrogens is 434 g/mol. The van der Waals surface area contributed by atoms with Gasteiger partial charge >= 0.3 is 5.97 Å². The molecule has 0 unspecified atom stereocenters. The van der Waals surface area contributed by atoms with Gasteiger partial charge in [0.1, 0.15) is 18.1 Å². The zero-order valence-corrected chi connectivity index (χ0v) is 17.8. The normalized spacial score (nSPS) is 12.4. The minimum atomic E-state index is -0.391. The van der Waals surface area contributed by atoms with Crippen LogP contribution in [0, 0.1) is 0 Å². The van der Waals surface area contributed by atoms with Crippen LogP contribution in [-0.2, 0) is 18.2 Å². The summed E-state index contributed by atoms with van der Waals surface area (Å²) in [6.07, 6.45) is 2.70. The van der Waals surface area contributed by atoms with Gasteiger partial charge in [-0.3, -0.25) is 0 Å². The summed E-state index contributed by atoms with van der Waals surface area (Å²) in [5.74, 6) is 0.293. The first-order valence-electron chi connectivity index (χ1n) is 9.29. The van der Waals surface area contributed by atoms with E-state index >= 15 is 0 Å². The number of methoxy groups -OCH3 is 1. The summed E-state index contributed by atoms with van der Waals surface area (Å²) in [4.78, 5) is 15.3. The number of aryl methyl sites for hydroxylation is 1. The fourth-order valence-electron chi connectivity index (χ4n) is 3.66. The highest BCUT2D eigenvalue weighted by Crippen LogP contribution is 2.34. The number of para-hydroxylation sites is 1. The number of hydrogen-bond acceptors (Lipinski definition) is 4. The van der Waals surface area contributed by atoms with Crippen molar-refractivity contribution in [3.8, 4) is 5.75 Å². The number of benzene rings is 2. The molecule has 0 amide bonds. The Labute approximate surface area is 176 Å². The maximum Gasteiger partial charge on any atom is 0.354 e. The molecule has 0 bridgehead atoms. The molecule has 1 atom stereocenters. The second kappa shape index (κ2) is 7.93. The fourth-order valence-corrected chi connectivity index (χ4v) is 4.27. The van der Waals surface area contributed by atoms with E-state index in [-0.39, 0.29) is 6.04 Å². The summed E-state index contributed by atoms with van der Waals surface area (Å²) in [6.45, 7) is 0.360. The number of carbonyl (C=O) groups excluding carboxylic acids is 1. The van der Waals surface area contributed by atoms with Gasteiger partial charge in [-0.15, -0.1) is 0 Å². The number of nitrogens with two attached hydrogens (primary N) is 1. The summed E-state index contributed by atoms with van der Waals surface area (Å²) >= 11 is 3.55. The number of nitrogens with one attached hydrogen (secondary N) is 1. The van der Waals surface area contributed by atoms with Crippen LogP contribution in [0.3, 0.4) is 0 Å². The van der Waals surface area contributed by atoms with Gasteiger partial charge in [0, 0.05) is 40.0 Å². The van der Waals surface area contributed by atoms with Gasteiger partial charge in [0.2, 0.25) is 0 Å². The third-order valence-electron chi connectivity index (χ3n) is 5.11. The summed E-state index contributed by atoms with van der Waals surface area (Å²) in [5, 5.41) is 2.02. The van der Waals surface area contributed by atoms with Crippen molar-refractivity contribution in [3.63, 3.8) is 0 Å². The average molecular weight is 456 g/mol. The molecule has 0 aliphatic rings. The van der Waals surface area contributed by atoms with Crippen molar-refractivity contribution < 1.29 is 14.3 Å². The van der Waals surface area contributed by atoms with Gasteiger partial charge in [-0.05, 0) is 52.2 Å². The number of aromatic amines is 1. The zero-order chi connectivity index (χ0) is 20.5.